The third-order valence-corrected chi connectivity index (χ3v) is 15.8. The van der Waals surface area contributed by atoms with Gasteiger partial charge in [0, 0.05) is 11.8 Å². The molecule has 0 amide bonds. The maximum absolute atomic E-state index is 13.3. The summed E-state index contributed by atoms with van der Waals surface area (Å²) < 4.78 is 6.56. The smallest absolute Gasteiger partial charge is 0.306 e. The Kier molecular flexibility index (Phi) is 17.1. The second kappa shape index (κ2) is 20.5. The van der Waals surface area contributed by atoms with E-state index in [1.54, 1.807) is 0 Å². The number of rotatable bonds is 22. The van der Waals surface area contributed by atoms with Crippen LogP contribution in [0, 0.1) is 58.2 Å². The van der Waals surface area contributed by atoms with E-state index in [1.165, 1.54) is 148 Å². The van der Waals surface area contributed by atoms with E-state index in [2.05, 4.69) is 60.6 Å². The van der Waals surface area contributed by atoms with Gasteiger partial charge in [0.15, 0.2) is 0 Å². The zero-order valence-corrected chi connectivity index (χ0v) is 34.1. The lowest BCUT2D eigenvalue weighted by atomic mass is 9.44. The third kappa shape index (κ3) is 10.6. The molecule has 284 valence electrons. The summed E-state index contributed by atoms with van der Waals surface area (Å²) in [4.78, 5) is 13.3. The fourth-order valence-electron chi connectivity index (χ4n) is 12.7. The first-order valence-corrected chi connectivity index (χ1v) is 22.5. The van der Waals surface area contributed by atoms with Crippen molar-refractivity contribution in [2.45, 2.75) is 222 Å². The lowest BCUT2D eigenvalue weighted by Crippen LogP contribution is -2.58. The summed E-state index contributed by atoms with van der Waals surface area (Å²) in [6, 6.07) is 0. The first-order valence-electron chi connectivity index (χ1n) is 22.5. The summed E-state index contributed by atoms with van der Waals surface area (Å²) in [6.45, 7) is 17.5. The molecular weight excluding hydrogens is 597 g/mol. The van der Waals surface area contributed by atoms with E-state index in [0.29, 0.717) is 11.8 Å². The number of carbonyl (C=O) groups is 1. The first-order chi connectivity index (χ1) is 23.7. The Morgan fingerprint density at radius 2 is 1.41 bits per heavy atom. The molecule has 4 aliphatic rings. The summed E-state index contributed by atoms with van der Waals surface area (Å²) in [5.41, 5.74) is 0.712. The molecule has 0 heterocycles. The molecule has 0 aromatic heterocycles. The highest BCUT2D eigenvalue weighted by Gasteiger charge is 2.62. The quantitative estimate of drug-likeness (QED) is 0.0646. The number of allylic oxidation sites excluding steroid dienone is 2. The summed E-state index contributed by atoms with van der Waals surface area (Å²) in [7, 11) is 0. The second-order valence-electron chi connectivity index (χ2n) is 19.0. The van der Waals surface area contributed by atoms with Crippen LogP contribution in [0.25, 0.3) is 0 Å². The molecule has 0 radical (unpaired) electrons. The standard InChI is InChI=1S/C47H84O2/c1-8-10-11-12-13-14-15-16-17-18-19-20-21-22-23-27-45(48)49-44-26-24-25-39-30-31-40-42-33-32-41(37(5)28-29-38(9-2)36(3)4)46(42,6)35-34-43(40)47(39,44)7/h16-17,36-44H,8-15,18-35H2,1-7H3/b17-16-/t37-,38-,39?,40-,41-,42+,43+,44?,46-,47+/m1/s1. The summed E-state index contributed by atoms with van der Waals surface area (Å²) in [6.07, 6.45) is 38.8. The van der Waals surface area contributed by atoms with Gasteiger partial charge in [-0.3, -0.25) is 4.79 Å². The molecule has 4 saturated carbocycles. The molecule has 0 spiro atoms. The molecule has 2 heteroatoms. The van der Waals surface area contributed by atoms with Crippen molar-refractivity contribution < 1.29 is 9.53 Å². The van der Waals surface area contributed by atoms with E-state index in [9.17, 15) is 4.79 Å². The Balaban J connectivity index is 1.20. The van der Waals surface area contributed by atoms with E-state index in [-0.39, 0.29) is 17.5 Å². The predicted molar refractivity (Wildman–Crippen MR) is 212 cm³/mol. The minimum Gasteiger partial charge on any atom is -0.462 e. The van der Waals surface area contributed by atoms with E-state index in [1.807, 2.05) is 0 Å². The molecule has 4 aliphatic carbocycles. The normalized spacial score (nSPS) is 34.0. The van der Waals surface area contributed by atoms with Crippen molar-refractivity contribution in [2.75, 3.05) is 0 Å². The highest BCUT2D eigenvalue weighted by Crippen LogP contribution is 2.68. The van der Waals surface area contributed by atoms with E-state index in [4.69, 9.17) is 4.74 Å². The molecule has 2 unspecified atom stereocenters. The predicted octanol–water partition coefficient (Wildman–Crippen LogP) is 14.7. The van der Waals surface area contributed by atoms with Crippen molar-refractivity contribution in [1.82, 2.24) is 0 Å². The van der Waals surface area contributed by atoms with Crippen LogP contribution in [0.1, 0.15) is 215 Å². The molecule has 4 fully saturated rings. The zero-order valence-electron chi connectivity index (χ0n) is 34.1. The summed E-state index contributed by atoms with van der Waals surface area (Å²) in [5, 5.41) is 0. The van der Waals surface area contributed by atoms with Crippen molar-refractivity contribution in [3.05, 3.63) is 12.2 Å². The van der Waals surface area contributed by atoms with Gasteiger partial charge in [-0.15, -0.1) is 0 Å². The second-order valence-corrected chi connectivity index (χ2v) is 19.0. The molecule has 0 bridgehead atoms. The van der Waals surface area contributed by atoms with Crippen LogP contribution in [-0.2, 0) is 9.53 Å². The number of ether oxygens (including phenoxy) is 1. The number of fused-ring (bicyclic) bond motifs is 5. The molecule has 0 saturated heterocycles. The van der Waals surface area contributed by atoms with E-state index >= 15 is 0 Å². The van der Waals surface area contributed by atoms with Crippen molar-refractivity contribution in [1.29, 1.82) is 0 Å². The van der Waals surface area contributed by atoms with Crippen LogP contribution in [0.3, 0.4) is 0 Å². The minimum absolute atomic E-state index is 0.105. The van der Waals surface area contributed by atoms with E-state index in [0.717, 1.165) is 60.2 Å². The summed E-state index contributed by atoms with van der Waals surface area (Å²) >= 11 is 0. The number of carbonyl (C=O) groups excluding carboxylic acids is 1. The van der Waals surface area contributed by atoms with Gasteiger partial charge in [-0.2, -0.15) is 0 Å². The highest BCUT2D eigenvalue weighted by atomic mass is 16.5. The zero-order chi connectivity index (χ0) is 35.3. The Morgan fingerprint density at radius 1 is 0.735 bits per heavy atom. The lowest BCUT2D eigenvalue weighted by Gasteiger charge is -2.62. The van der Waals surface area contributed by atoms with Crippen molar-refractivity contribution in [3.8, 4) is 0 Å². The number of hydrogen-bond acceptors (Lipinski definition) is 2. The van der Waals surface area contributed by atoms with Crippen LogP contribution in [-0.4, -0.2) is 12.1 Å². The maximum atomic E-state index is 13.3. The molecule has 0 aromatic carbocycles. The largest absolute Gasteiger partial charge is 0.462 e. The van der Waals surface area contributed by atoms with Gasteiger partial charge in [-0.25, -0.2) is 0 Å². The Morgan fingerprint density at radius 3 is 2.08 bits per heavy atom. The lowest BCUT2D eigenvalue weighted by molar-refractivity contribution is -0.192. The van der Waals surface area contributed by atoms with Crippen molar-refractivity contribution in [2.24, 2.45) is 58.2 Å². The fraction of sp³-hybridized carbons (Fsp3) is 0.936. The Labute approximate surface area is 306 Å². The minimum atomic E-state index is 0.105. The SMILES string of the molecule is CCCCCCCC/C=C\CCCCCCCC(=O)OC1CCCC2CC[C@H]3[C@H](CC[C@]4(C)[C@@H]([C@H](C)CC[C@@H](CC)C(C)C)CC[C@@H]34)[C@]21C. The first kappa shape index (κ1) is 41.0. The van der Waals surface area contributed by atoms with Crippen LogP contribution in [0.15, 0.2) is 12.2 Å². The number of hydrogen-bond donors (Lipinski definition) is 0. The van der Waals surface area contributed by atoms with Crippen molar-refractivity contribution in [3.63, 3.8) is 0 Å². The number of esters is 1. The molecule has 0 N–H and O–H groups in total. The van der Waals surface area contributed by atoms with Gasteiger partial charge in [0.05, 0.1) is 0 Å². The maximum Gasteiger partial charge on any atom is 0.306 e. The van der Waals surface area contributed by atoms with Crippen LogP contribution < -0.4 is 0 Å². The van der Waals surface area contributed by atoms with Crippen molar-refractivity contribution >= 4 is 5.97 Å². The van der Waals surface area contributed by atoms with Gasteiger partial charge in [-0.05, 0) is 149 Å². The highest BCUT2D eigenvalue weighted by molar-refractivity contribution is 5.69. The molecule has 0 aliphatic heterocycles. The number of unbranched alkanes of at least 4 members (excludes halogenated alkanes) is 11. The van der Waals surface area contributed by atoms with Gasteiger partial charge >= 0.3 is 5.97 Å². The van der Waals surface area contributed by atoms with Crippen LogP contribution in [0.4, 0.5) is 0 Å². The van der Waals surface area contributed by atoms with Gasteiger partial charge < -0.3 is 4.74 Å². The topological polar surface area (TPSA) is 26.3 Å². The molecule has 49 heavy (non-hydrogen) atoms. The van der Waals surface area contributed by atoms with Gasteiger partial charge in [0.2, 0.25) is 0 Å². The Hall–Kier alpha value is -0.790. The van der Waals surface area contributed by atoms with Crippen LogP contribution in [0.5, 0.6) is 0 Å². The molecule has 2 nitrogen and oxygen atoms in total. The van der Waals surface area contributed by atoms with Crippen LogP contribution >= 0.6 is 0 Å². The molecule has 4 rings (SSSR count). The molecular formula is C47H84O2. The van der Waals surface area contributed by atoms with E-state index < -0.39 is 0 Å². The fourth-order valence-corrected chi connectivity index (χ4v) is 12.7. The summed E-state index contributed by atoms with van der Waals surface area (Å²) in [5.74, 6) is 6.80. The average molecular weight is 681 g/mol. The van der Waals surface area contributed by atoms with Gasteiger partial charge in [-0.1, -0.05) is 125 Å². The molecule has 10 atom stereocenters. The van der Waals surface area contributed by atoms with Gasteiger partial charge in [0.25, 0.3) is 0 Å². The average Bonchev–Trinajstić information content (AvgIpc) is 3.44. The van der Waals surface area contributed by atoms with Crippen LogP contribution in [0.2, 0.25) is 0 Å². The third-order valence-electron chi connectivity index (χ3n) is 15.8. The molecule has 0 aromatic rings. The monoisotopic (exact) mass is 681 g/mol. The Bertz CT molecular complexity index is 967. The van der Waals surface area contributed by atoms with Gasteiger partial charge in [0.1, 0.15) is 6.10 Å².